The molecule has 1 heterocycles. The standard InChI is InChI=1S/C16H26N4O2/c21-9-8-14(12-4-2-1-3-5-12)17-16(22)11-20-10-15(18-19-20)13-6-7-13/h10,12-14,21H,1-9,11H2,(H,17,22). The molecule has 0 radical (unpaired) electrons. The zero-order valence-corrected chi connectivity index (χ0v) is 13.1. The molecule has 0 aliphatic heterocycles. The zero-order chi connectivity index (χ0) is 15.4. The van der Waals surface area contributed by atoms with E-state index < -0.39 is 0 Å². The fourth-order valence-corrected chi connectivity index (χ4v) is 3.46. The molecule has 1 amide bonds. The van der Waals surface area contributed by atoms with Crippen LogP contribution in [0.2, 0.25) is 0 Å². The Morgan fingerprint density at radius 2 is 2.09 bits per heavy atom. The normalized spacial score (nSPS) is 20.8. The predicted octanol–water partition coefficient (Wildman–Crippen LogP) is 1.60. The third-order valence-electron chi connectivity index (χ3n) is 4.86. The molecule has 1 atom stereocenters. The molecule has 22 heavy (non-hydrogen) atoms. The predicted molar refractivity (Wildman–Crippen MR) is 82.2 cm³/mol. The van der Waals surface area contributed by atoms with Crippen molar-refractivity contribution in [3.8, 4) is 0 Å². The van der Waals surface area contributed by atoms with E-state index >= 15 is 0 Å². The fourth-order valence-electron chi connectivity index (χ4n) is 3.46. The van der Waals surface area contributed by atoms with Crippen LogP contribution in [0.4, 0.5) is 0 Å². The molecular formula is C16H26N4O2. The van der Waals surface area contributed by atoms with Gasteiger partial charge in [-0.2, -0.15) is 0 Å². The highest BCUT2D eigenvalue weighted by Crippen LogP contribution is 2.38. The molecule has 2 fully saturated rings. The van der Waals surface area contributed by atoms with E-state index in [1.54, 1.807) is 4.68 Å². The second kappa shape index (κ2) is 7.22. The van der Waals surface area contributed by atoms with Gasteiger partial charge < -0.3 is 10.4 Å². The lowest BCUT2D eigenvalue weighted by Crippen LogP contribution is -2.43. The van der Waals surface area contributed by atoms with E-state index in [4.69, 9.17) is 0 Å². The van der Waals surface area contributed by atoms with Crippen LogP contribution in [0.25, 0.3) is 0 Å². The summed E-state index contributed by atoms with van der Waals surface area (Å²) in [7, 11) is 0. The van der Waals surface area contributed by atoms with Gasteiger partial charge in [0.15, 0.2) is 0 Å². The Morgan fingerprint density at radius 3 is 2.77 bits per heavy atom. The Kier molecular flexibility index (Phi) is 5.08. The number of nitrogens with one attached hydrogen (secondary N) is 1. The van der Waals surface area contributed by atoms with Crippen LogP contribution >= 0.6 is 0 Å². The SMILES string of the molecule is O=C(Cn1cc(C2CC2)nn1)NC(CCO)C1CCCCC1. The van der Waals surface area contributed by atoms with Gasteiger partial charge in [0.05, 0.1) is 5.69 Å². The van der Waals surface area contributed by atoms with Crippen LogP contribution in [0.1, 0.15) is 63.0 Å². The van der Waals surface area contributed by atoms with E-state index in [0.29, 0.717) is 18.3 Å². The molecule has 0 saturated heterocycles. The summed E-state index contributed by atoms with van der Waals surface area (Å²) in [5.41, 5.74) is 1.01. The summed E-state index contributed by atoms with van der Waals surface area (Å²) in [6.07, 6.45) is 11.0. The van der Waals surface area contributed by atoms with Crippen molar-refractivity contribution in [2.45, 2.75) is 69.9 Å². The average molecular weight is 306 g/mol. The molecule has 2 aliphatic rings. The third-order valence-corrected chi connectivity index (χ3v) is 4.86. The van der Waals surface area contributed by atoms with Crippen LogP contribution in [-0.4, -0.2) is 38.7 Å². The second-order valence-electron chi connectivity index (χ2n) is 6.70. The number of aliphatic hydroxyl groups excluding tert-OH is 1. The number of nitrogens with zero attached hydrogens (tertiary/aromatic N) is 3. The van der Waals surface area contributed by atoms with Gasteiger partial charge in [0.1, 0.15) is 6.54 Å². The van der Waals surface area contributed by atoms with E-state index in [1.165, 1.54) is 32.1 Å². The lowest BCUT2D eigenvalue weighted by atomic mass is 9.82. The molecule has 1 aromatic heterocycles. The van der Waals surface area contributed by atoms with Crippen molar-refractivity contribution < 1.29 is 9.90 Å². The second-order valence-corrected chi connectivity index (χ2v) is 6.70. The molecule has 6 nitrogen and oxygen atoms in total. The lowest BCUT2D eigenvalue weighted by Gasteiger charge is -2.30. The molecule has 2 saturated carbocycles. The Morgan fingerprint density at radius 1 is 1.32 bits per heavy atom. The van der Waals surface area contributed by atoms with Gasteiger partial charge in [-0.05, 0) is 38.0 Å². The van der Waals surface area contributed by atoms with E-state index in [-0.39, 0.29) is 25.1 Å². The van der Waals surface area contributed by atoms with Crippen LogP contribution in [0.15, 0.2) is 6.20 Å². The first kappa shape index (κ1) is 15.5. The smallest absolute Gasteiger partial charge is 0.242 e. The maximum atomic E-state index is 12.3. The van der Waals surface area contributed by atoms with Gasteiger partial charge in [-0.1, -0.05) is 24.5 Å². The van der Waals surface area contributed by atoms with Crippen molar-refractivity contribution >= 4 is 5.91 Å². The third kappa shape index (κ3) is 4.06. The average Bonchev–Trinajstić information content (AvgIpc) is 3.28. The van der Waals surface area contributed by atoms with Crippen molar-refractivity contribution in [3.05, 3.63) is 11.9 Å². The maximum Gasteiger partial charge on any atom is 0.242 e. The first-order chi connectivity index (χ1) is 10.8. The van der Waals surface area contributed by atoms with Gasteiger partial charge in [0.2, 0.25) is 5.91 Å². The Bertz CT molecular complexity index is 492. The Balaban J connectivity index is 1.52. The summed E-state index contributed by atoms with van der Waals surface area (Å²) >= 11 is 0. The number of rotatable bonds is 7. The minimum Gasteiger partial charge on any atom is -0.396 e. The first-order valence-corrected chi connectivity index (χ1v) is 8.56. The number of aromatic nitrogens is 3. The number of aliphatic hydroxyl groups is 1. The summed E-state index contributed by atoms with van der Waals surface area (Å²) < 4.78 is 1.62. The van der Waals surface area contributed by atoms with Gasteiger partial charge in [0, 0.05) is 24.8 Å². The lowest BCUT2D eigenvalue weighted by molar-refractivity contribution is -0.123. The minimum absolute atomic E-state index is 0.0312. The van der Waals surface area contributed by atoms with Gasteiger partial charge >= 0.3 is 0 Å². The van der Waals surface area contributed by atoms with Crippen LogP contribution in [0, 0.1) is 5.92 Å². The quantitative estimate of drug-likeness (QED) is 0.802. The molecule has 0 spiro atoms. The molecule has 0 bridgehead atoms. The monoisotopic (exact) mass is 306 g/mol. The molecule has 2 aliphatic carbocycles. The van der Waals surface area contributed by atoms with Gasteiger partial charge in [-0.25, -0.2) is 4.68 Å². The van der Waals surface area contributed by atoms with E-state index in [9.17, 15) is 9.90 Å². The van der Waals surface area contributed by atoms with E-state index in [1.807, 2.05) is 6.20 Å². The molecular weight excluding hydrogens is 280 g/mol. The topological polar surface area (TPSA) is 80.0 Å². The highest BCUT2D eigenvalue weighted by molar-refractivity contribution is 5.76. The summed E-state index contributed by atoms with van der Waals surface area (Å²) in [4.78, 5) is 12.3. The summed E-state index contributed by atoms with van der Waals surface area (Å²) in [5, 5.41) is 20.5. The van der Waals surface area contributed by atoms with Gasteiger partial charge in [-0.3, -0.25) is 4.79 Å². The Hall–Kier alpha value is -1.43. The largest absolute Gasteiger partial charge is 0.396 e. The number of amides is 1. The zero-order valence-electron chi connectivity index (χ0n) is 13.1. The minimum atomic E-state index is -0.0312. The van der Waals surface area contributed by atoms with Crippen LogP contribution in [0.5, 0.6) is 0 Å². The van der Waals surface area contributed by atoms with Crippen molar-refractivity contribution in [1.29, 1.82) is 0 Å². The van der Waals surface area contributed by atoms with Gasteiger partial charge in [0.25, 0.3) is 0 Å². The number of hydrogen-bond acceptors (Lipinski definition) is 4. The highest BCUT2D eigenvalue weighted by atomic mass is 16.3. The Labute approximate surface area is 131 Å². The molecule has 0 aromatic carbocycles. The van der Waals surface area contributed by atoms with Gasteiger partial charge in [-0.15, -0.1) is 5.10 Å². The van der Waals surface area contributed by atoms with Crippen molar-refractivity contribution in [1.82, 2.24) is 20.3 Å². The summed E-state index contributed by atoms with van der Waals surface area (Å²) in [6.45, 7) is 0.338. The summed E-state index contributed by atoms with van der Waals surface area (Å²) in [5.74, 6) is 1.03. The maximum absolute atomic E-state index is 12.3. The molecule has 6 heteroatoms. The number of hydrogen-bond donors (Lipinski definition) is 2. The van der Waals surface area contributed by atoms with Crippen LogP contribution in [0.3, 0.4) is 0 Å². The van der Waals surface area contributed by atoms with E-state index in [2.05, 4.69) is 15.6 Å². The number of carbonyl (C=O) groups excluding carboxylic acids is 1. The van der Waals surface area contributed by atoms with Crippen molar-refractivity contribution in [3.63, 3.8) is 0 Å². The molecule has 1 unspecified atom stereocenters. The van der Waals surface area contributed by atoms with Crippen molar-refractivity contribution in [2.75, 3.05) is 6.61 Å². The summed E-state index contributed by atoms with van der Waals surface area (Å²) in [6, 6.07) is 0.0872. The van der Waals surface area contributed by atoms with Crippen LogP contribution < -0.4 is 5.32 Å². The first-order valence-electron chi connectivity index (χ1n) is 8.56. The molecule has 122 valence electrons. The molecule has 2 N–H and O–H groups in total. The van der Waals surface area contributed by atoms with Crippen LogP contribution in [-0.2, 0) is 11.3 Å². The molecule has 1 aromatic rings. The van der Waals surface area contributed by atoms with Crippen molar-refractivity contribution in [2.24, 2.45) is 5.92 Å². The van der Waals surface area contributed by atoms with E-state index in [0.717, 1.165) is 18.5 Å². The molecule has 3 rings (SSSR count). The highest BCUT2D eigenvalue weighted by Gasteiger charge is 2.27. The fraction of sp³-hybridized carbons (Fsp3) is 0.812. The number of carbonyl (C=O) groups is 1.